The maximum Gasteiger partial charge on any atom is 0.135 e. The Bertz CT molecular complexity index is 728. The number of halogens is 3. The normalized spacial score (nSPS) is 10.5. The van der Waals surface area contributed by atoms with Crippen molar-refractivity contribution in [3.63, 3.8) is 0 Å². The number of thiophene rings is 1. The van der Waals surface area contributed by atoms with Gasteiger partial charge in [-0.15, -0.1) is 23.7 Å². The van der Waals surface area contributed by atoms with Crippen LogP contribution in [-0.2, 0) is 13.1 Å². The van der Waals surface area contributed by atoms with Gasteiger partial charge in [-0.1, -0.05) is 33.6 Å². The summed E-state index contributed by atoms with van der Waals surface area (Å²) in [6.45, 7) is 1.55. The van der Waals surface area contributed by atoms with E-state index in [9.17, 15) is 0 Å². The fraction of sp³-hybridized carbons (Fsp3) is 0.125. The highest BCUT2D eigenvalue weighted by molar-refractivity contribution is 9.10. The first-order valence-electron chi connectivity index (χ1n) is 6.49. The highest BCUT2D eigenvalue weighted by Gasteiger charge is 2.09. The monoisotopic (exact) mass is 417 g/mol. The molecule has 0 aliphatic carbocycles. The molecule has 6 heteroatoms. The topological polar surface area (TPSA) is 25.2 Å². The zero-order valence-corrected chi connectivity index (χ0v) is 15.5. The molecule has 116 valence electrons. The fourth-order valence-electron chi connectivity index (χ4n) is 2.03. The zero-order chi connectivity index (χ0) is 14.7. The molecule has 0 saturated heterocycles. The third kappa shape index (κ3) is 4.37. The number of benzene rings is 1. The maximum absolute atomic E-state index is 6.24. The highest BCUT2D eigenvalue weighted by atomic mass is 79.9. The van der Waals surface area contributed by atoms with Gasteiger partial charge in [-0.05, 0) is 41.8 Å². The van der Waals surface area contributed by atoms with Crippen molar-refractivity contribution in [1.29, 1.82) is 0 Å². The first-order valence-corrected chi connectivity index (χ1v) is 8.54. The van der Waals surface area contributed by atoms with E-state index in [0.717, 1.165) is 28.1 Å². The van der Waals surface area contributed by atoms with E-state index in [2.05, 4.69) is 38.8 Å². The fourth-order valence-corrected chi connectivity index (χ4v) is 3.47. The van der Waals surface area contributed by atoms with E-state index in [1.165, 1.54) is 4.88 Å². The number of hydrogen-bond donors (Lipinski definition) is 1. The Hall–Kier alpha value is -0.780. The van der Waals surface area contributed by atoms with Crippen molar-refractivity contribution in [1.82, 2.24) is 5.32 Å². The van der Waals surface area contributed by atoms with Crippen LogP contribution in [0.1, 0.15) is 10.6 Å². The Morgan fingerprint density at radius 2 is 2.00 bits per heavy atom. The van der Waals surface area contributed by atoms with E-state index < -0.39 is 0 Å². The number of rotatable bonds is 5. The second kappa shape index (κ2) is 8.18. The Kier molecular flexibility index (Phi) is 6.53. The minimum Gasteiger partial charge on any atom is -0.460 e. The number of nitrogens with one attached hydrogen (secondary N) is 1. The van der Waals surface area contributed by atoms with Crippen molar-refractivity contribution in [2.75, 3.05) is 0 Å². The second-order valence-electron chi connectivity index (χ2n) is 4.57. The molecular formula is C16H14BrCl2NOS. The lowest BCUT2D eigenvalue weighted by molar-refractivity contribution is 0.494. The Morgan fingerprint density at radius 3 is 2.73 bits per heavy atom. The summed E-state index contributed by atoms with van der Waals surface area (Å²) in [5, 5.41) is 6.13. The smallest absolute Gasteiger partial charge is 0.135 e. The van der Waals surface area contributed by atoms with E-state index in [-0.39, 0.29) is 12.4 Å². The summed E-state index contributed by atoms with van der Waals surface area (Å²) in [6.07, 6.45) is 0. The average Bonchev–Trinajstić information content (AvgIpc) is 3.10. The van der Waals surface area contributed by atoms with Crippen LogP contribution in [0.2, 0.25) is 5.02 Å². The predicted molar refractivity (Wildman–Crippen MR) is 99.0 cm³/mol. The molecule has 0 fully saturated rings. The molecule has 2 heterocycles. The molecule has 1 aromatic carbocycles. The molecule has 0 saturated carbocycles. The van der Waals surface area contributed by atoms with Gasteiger partial charge >= 0.3 is 0 Å². The van der Waals surface area contributed by atoms with Crippen molar-refractivity contribution in [3.05, 3.63) is 68.0 Å². The lowest BCUT2D eigenvalue weighted by Gasteiger charge is -2.02. The van der Waals surface area contributed by atoms with Crippen LogP contribution >= 0.6 is 51.3 Å². The lowest BCUT2D eigenvalue weighted by atomic mass is 10.2. The molecular weight excluding hydrogens is 405 g/mol. The molecule has 0 atom stereocenters. The first-order chi connectivity index (χ1) is 10.2. The summed E-state index contributed by atoms with van der Waals surface area (Å²) in [5.41, 5.74) is 0.907. The predicted octanol–water partition coefficient (Wildman–Crippen LogP) is 6.14. The number of hydrogen-bond acceptors (Lipinski definition) is 3. The molecule has 3 aromatic rings. The van der Waals surface area contributed by atoms with E-state index in [0.29, 0.717) is 11.6 Å². The van der Waals surface area contributed by atoms with Crippen molar-refractivity contribution in [2.24, 2.45) is 0 Å². The quantitative estimate of drug-likeness (QED) is 0.538. The average molecular weight is 419 g/mol. The van der Waals surface area contributed by atoms with Crippen LogP contribution in [0, 0.1) is 0 Å². The van der Waals surface area contributed by atoms with Gasteiger partial charge in [-0.3, -0.25) is 0 Å². The van der Waals surface area contributed by atoms with Gasteiger partial charge in [0.15, 0.2) is 0 Å². The molecule has 0 radical (unpaired) electrons. The third-order valence-corrected chi connectivity index (χ3v) is 4.72. The number of furan rings is 1. The second-order valence-corrected chi connectivity index (χ2v) is 6.93. The van der Waals surface area contributed by atoms with Gasteiger partial charge in [-0.2, -0.15) is 0 Å². The van der Waals surface area contributed by atoms with Crippen molar-refractivity contribution in [2.45, 2.75) is 13.1 Å². The van der Waals surface area contributed by atoms with Crippen molar-refractivity contribution >= 4 is 51.3 Å². The summed E-state index contributed by atoms with van der Waals surface area (Å²) >= 11 is 11.4. The van der Waals surface area contributed by atoms with Gasteiger partial charge in [0.25, 0.3) is 0 Å². The molecule has 2 nitrogen and oxygen atoms in total. The van der Waals surface area contributed by atoms with Gasteiger partial charge in [0.2, 0.25) is 0 Å². The van der Waals surface area contributed by atoms with E-state index in [1.807, 2.05) is 30.3 Å². The van der Waals surface area contributed by atoms with Crippen LogP contribution in [0.4, 0.5) is 0 Å². The van der Waals surface area contributed by atoms with E-state index in [1.54, 1.807) is 11.3 Å². The molecule has 0 spiro atoms. The molecule has 0 aliphatic heterocycles. The molecule has 0 unspecified atom stereocenters. The van der Waals surface area contributed by atoms with Crippen LogP contribution in [0.3, 0.4) is 0 Å². The third-order valence-electron chi connectivity index (χ3n) is 3.04. The van der Waals surface area contributed by atoms with Gasteiger partial charge < -0.3 is 9.73 Å². The summed E-state index contributed by atoms with van der Waals surface area (Å²) < 4.78 is 6.81. The molecule has 0 aliphatic rings. The minimum atomic E-state index is 0. The minimum absolute atomic E-state index is 0. The Labute approximate surface area is 153 Å². The SMILES string of the molecule is Cl.Clc1cc(Br)ccc1-c1ccc(CNCc2cccs2)o1. The van der Waals surface area contributed by atoms with Gasteiger partial charge in [0, 0.05) is 21.5 Å². The molecule has 0 amide bonds. The summed E-state index contributed by atoms with van der Waals surface area (Å²) in [4.78, 5) is 1.32. The van der Waals surface area contributed by atoms with Crippen LogP contribution in [0.25, 0.3) is 11.3 Å². The largest absolute Gasteiger partial charge is 0.460 e. The standard InChI is InChI=1S/C16H13BrClNOS.ClH/c17-11-3-5-14(15(18)8-11)16-6-4-12(20-16)9-19-10-13-2-1-7-21-13;/h1-8,19H,9-10H2;1H. The molecule has 0 bridgehead atoms. The van der Waals surface area contributed by atoms with Gasteiger partial charge in [0.1, 0.15) is 11.5 Å². The summed E-state index contributed by atoms with van der Waals surface area (Å²) in [7, 11) is 0. The van der Waals surface area contributed by atoms with E-state index >= 15 is 0 Å². The van der Waals surface area contributed by atoms with Crippen molar-refractivity contribution < 1.29 is 4.42 Å². The molecule has 22 heavy (non-hydrogen) atoms. The maximum atomic E-state index is 6.24. The highest BCUT2D eigenvalue weighted by Crippen LogP contribution is 2.31. The Morgan fingerprint density at radius 1 is 1.14 bits per heavy atom. The van der Waals surface area contributed by atoms with E-state index in [4.69, 9.17) is 16.0 Å². The Balaban J connectivity index is 0.00000176. The molecule has 3 rings (SSSR count). The molecule has 1 N–H and O–H groups in total. The summed E-state index contributed by atoms with van der Waals surface area (Å²) in [5.74, 6) is 1.70. The van der Waals surface area contributed by atoms with Gasteiger partial charge in [-0.25, -0.2) is 0 Å². The van der Waals surface area contributed by atoms with Gasteiger partial charge in [0.05, 0.1) is 11.6 Å². The zero-order valence-electron chi connectivity index (χ0n) is 11.5. The summed E-state index contributed by atoms with van der Waals surface area (Å²) in [6, 6.07) is 13.9. The first kappa shape index (κ1) is 17.6. The lowest BCUT2D eigenvalue weighted by Crippen LogP contribution is -2.10. The molecule has 2 aromatic heterocycles. The van der Waals surface area contributed by atoms with Crippen LogP contribution in [0.5, 0.6) is 0 Å². The van der Waals surface area contributed by atoms with Crippen LogP contribution < -0.4 is 5.32 Å². The van der Waals surface area contributed by atoms with Crippen LogP contribution in [0.15, 0.2) is 56.7 Å². The van der Waals surface area contributed by atoms with Crippen LogP contribution in [-0.4, -0.2) is 0 Å². The van der Waals surface area contributed by atoms with Crippen molar-refractivity contribution in [3.8, 4) is 11.3 Å².